The Balaban J connectivity index is 1.84. The molecule has 0 spiro atoms. The molecule has 3 rings (SSSR count). The molecule has 1 fully saturated rings. The third-order valence-corrected chi connectivity index (χ3v) is 5.29. The number of hydrogen-bond acceptors (Lipinski definition) is 4. The van der Waals surface area contributed by atoms with Gasteiger partial charge in [-0.3, -0.25) is 9.69 Å². The van der Waals surface area contributed by atoms with Crippen LogP contribution in [0, 0.1) is 18.3 Å². The van der Waals surface area contributed by atoms with Gasteiger partial charge in [0.2, 0.25) is 0 Å². The first-order chi connectivity index (χ1) is 12.5. The molecule has 0 aliphatic carbocycles. The molecule has 1 N–H and O–H groups in total. The number of nitriles is 1. The molecule has 1 aromatic carbocycles. The molecule has 1 aliphatic rings. The molecule has 0 saturated carbocycles. The van der Waals surface area contributed by atoms with Gasteiger partial charge in [0, 0.05) is 55.2 Å². The number of amides is 1. The van der Waals surface area contributed by atoms with Crippen LogP contribution in [0.4, 0.5) is 4.79 Å². The van der Waals surface area contributed by atoms with Crippen molar-refractivity contribution in [3.63, 3.8) is 0 Å². The Morgan fingerprint density at radius 3 is 2.62 bits per heavy atom. The first kappa shape index (κ1) is 18.0. The average molecular weight is 354 g/mol. The monoisotopic (exact) mass is 354 g/mol. The molecule has 7 heteroatoms. The lowest BCUT2D eigenvalue weighted by Gasteiger charge is -2.37. The molecular formula is C19H22N4O3. The second-order valence-electron chi connectivity index (χ2n) is 6.74. The van der Waals surface area contributed by atoms with E-state index in [0.717, 1.165) is 22.8 Å². The second-order valence-corrected chi connectivity index (χ2v) is 6.74. The van der Waals surface area contributed by atoms with Crippen LogP contribution in [-0.2, 0) is 6.54 Å². The Bertz CT molecular complexity index is 888. The molecule has 1 aromatic heterocycles. The minimum atomic E-state index is -0.873. The SMILES string of the molecule is Cc1c(C=O)ccc2c1cc(C#N)n2C[C@H](C)N1CCN(C(=O)O)CC1. The fourth-order valence-electron chi connectivity index (χ4n) is 3.64. The Kier molecular flexibility index (Phi) is 4.96. The van der Waals surface area contributed by atoms with Crippen molar-refractivity contribution >= 4 is 23.3 Å². The van der Waals surface area contributed by atoms with Crippen LogP contribution in [0.25, 0.3) is 10.9 Å². The molecule has 2 heterocycles. The number of nitrogens with zero attached hydrogens (tertiary/aromatic N) is 4. The van der Waals surface area contributed by atoms with E-state index in [1.54, 1.807) is 6.07 Å². The molecule has 0 bridgehead atoms. The van der Waals surface area contributed by atoms with Crippen LogP contribution in [0.3, 0.4) is 0 Å². The molecule has 1 aliphatic heterocycles. The van der Waals surface area contributed by atoms with Crippen LogP contribution in [0.1, 0.15) is 28.5 Å². The molecule has 0 radical (unpaired) electrons. The predicted octanol–water partition coefficient (Wildman–Crippen LogP) is 2.32. The van der Waals surface area contributed by atoms with Crippen LogP contribution in [0.15, 0.2) is 18.2 Å². The molecular weight excluding hydrogens is 332 g/mol. The molecule has 2 aromatic rings. The average Bonchev–Trinajstić information content (AvgIpc) is 3.00. The summed E-state index contributed by atoms with van der Waals surface area (Å²) in [5.74, 6) is 0. The van der Waals surface area contributed by atoms with E-state index in [-0.39, 0.29) is 6.04 Å². The molecule has 26 heavy (non-hydrogen) atoms. The lowest BCUT2D eigenvalue weighted by molar-refractivity contribution is 0.0848. The summed E-state index contributed by atoms with van der Waals surface area (Å²) in [6, 6.07) is 7.94. The number of carboxylic acid groups (broad SMARTS) is 1. The summed E-state index contributed by atoms with van der Waals surface area (Å²) in [6.45, 7) is 6.99. The zero-order valence-corrected chi connectivity index (χ0v) is 15.0. The number of aryl methyl sites for hydroxylation is 1. The number of aromatic nitrogens is 1. The minimum absolute atomic E-state index is 0.166. The van der Waals surface area contributed by atoms with E-state index in [9.17, 15) is 14.9 Å². The first-order valence-corrected chi connectivity index (χ1v) is 8.66. The normalized spacial score (nSPS) is 16.4. The first-order valence-electron chi connectivity index (χ1n) is 8.66. The van der Waals surface area contributed by atoms with Crippen LogP contribution in [0.2, 0.25) is 0 Å². The van der Waals surface area contributed by atoms with Crippen molar-refractivity contribution in [2.45, 2.75) is 26.4 Å². The molecule has 136 valence electrons. The number of piperazine rings is 1. The van der Waals surface area contributed by atoms with Gasteiger partial charge in [-0.15, -0.1) is 0 Å². The lowest BCUT2D eigenvalue weighted by Crippen LogP contribution is -2.51. The summed E-state index contributed by atoms with van der Waals surface area (Å²) in [6.07, 6.45) is -0.0372. The maximum absolute atomic E-state index is 11.2. The van der Waals surface area contributed by atoms with E-state index >= 15 is 0 Å². The molecule has 0 unspecified atom stereocenters. The van der Waals surface area contributed by atoms with Gasteiger partial charge >= 0.3 is 6.09 Å². The number of benzene rings is 1. The number of rotatable bonds is 4. The van der Waals surface area contributed by atoms with E-state index in [4.69, 9.17) is 5.11 Å². The number of fused-ring (bicyclic) bond motifs is 1. The van der Waals surface area contributed by atoms with E-state index in [1.807, 2.05) is 23.6 Å². The molecule has 1 amide bonds. The third kappa shape index (κ3) is 3.16. The number of carbonyl (C=O) groups is 2. The fraction of sp³-hybridized carbons (Fsp3) is 0.421. The summed E-state index contributed by atoms with van der Waals surface area (Å²) in [5, 5.41) is 19.5. The van der Waals surface area contributed by atoms with Gasteiger partial charge in [0.25, 0.3) is 0 Å². The highest BCUT2D eigenvalue weighted by Crippen LogP contribution is 2.26. The highest BCUT2D eigenvalue weighted by atomic mass is 16.4. The van der Waals surface area contributed by atoms with Gasteiger partial charge in [-0.05, 0) is 37.6 Å². The maximum atomic E-state index is 11.2. The van der Waals surface area contributed by atoms with Crippen molar-refractivity contribution in [2.24, 2.45) is 0 Å². The van der Waals surface area contributed by atoms with Crippen LogP contribution in [-0.4, -0.2) is 64.1 Å². The third-order valence-electron chi connectivity index (χ3n) is 5.29. The largest absolute Gasteiger partial charge is 0.465 e. The lowest BCUT2D eigenvalue weighted by atomic mass is 10.1. The second kappa shape index (κ2) is 7.18. The van der Waals surface area contributed by atoms with Gasteiger partial charge in [-0.2, -0.15) is 5.26 Å². The number of hydrogen-bond donors (Lipinski definition) is 1. The van der Waals surface area contributed by atoms with Crippen molar-refractivity contribution < 1.29 is 14.7 Å². The summed E-state index contributed by atoms with van der Waals surface area (Å²) in [4.78, 5) is 25.9. The molecule has 1 saturated heterocycles. The predicted molar refractivity (Wildman–Crippen MR) is 97.4 cm³/mol. The number of aldehydes is 1. The standard InChI is InChI=1S/C19H22N4O3/c1-13(21-5-7-22(8-6-21)19(25)26)11-23-16(10-20)9-17-14(2)15(12-24)3-4-18(17)23/h3-4,9,12-13H,5-8,11H2,1-2H3,(H,25,26)/t13-/m0/s1. The van der Waals surface area contributed by atoms with Crippen molar-refractivity contribution in [3.8, 4) is 6.07 Å². The van der Waals surface area contributed by atoms with Gasteiger partial charge in [-0.1, -0.05) is 0 Å². The van der Waals surface area contributed by atoms with Crippen molar-refractivity contribution in [3.05, 3.63) is 35.0 Å². The number of carbonyl (C=O) groups excluding carboxylic acids is 1. The van der Waals surface area contributed by atoms with Gasteiger partial charge in [0.1, 0.15) is 18.0 Å². The van der Waals surface area contributed by atoms with Gasteiger partial charge in [0.15, 0.2) is 0 Å². The summed E-state index contributed by atoms with van der Waals surface area (Å²) in [5.41, 5.74) is 3.04. The molecule has 7 nitrogen and oxygen atoms in total. The molecule has 1 atom stereocenters. The van der Waals surface area contributed by atoms with Crippen molar-refractivity contribution in [2.75, 3.05) is 26.2 Å². The van der Waals surface area contributed by atoms with Gasteiger partial charge in [-0.25, -0.2) is 4.79 Å². The van der Waals surface area contributed by atoms with Crippen LogP contribution in [0.5, 0.6) is 0 Å². The van der Waals surface area contributed by atoms with E-state index in [1.165, 1.54) is 4.90 Å². The van der Waals surface area contributed by atoms with Crippen molar-refractivity contribution in [1.29, 1.82) is 5.26 Å². The Morgan fingerprint density at radius 1 is 1.35 bits per heavy atom. The zero-order valence-electron chi connectivity index (χ0n) is 15.0. The topological polar surface area (TPSA) is 89.6 Å². The van der Waals surface area contributed by atoms with Crippen LogP contribution >= 0.6 is 0 Å². The Labute approximate surface area is 152 Å². The maximum Gasteiger partial charge on any atom is 0.407 e. The Hall–Kier alpha value is -2.85. The zero-order chi connectivity index (χ0) is 18.8. The summed E-state index contributed by atoms with van der Waals surface area (Å²) in [7, 11) is 0. The smallest absolute Gasteiger partial charge is 0.407 e. The van der Waals surface area contributed by atoms with Crippen molar-refractivity contribution in [1.82, 2.24) is 14.4 Å². The van der Waals surface area contributed by atoms with Gasteiger partial charge < -0.3 is 14.6 Å². The summed E-state index contributed by atoms with van der Waals surface area (Å²) < 4.78 is 1.99. The van der Waals surface area contributed by atoms with Crippen LogP contribution < -0.4 is 0 Å². The fourth-order valence-corrected chi connectivity index (χ4v) is 3.64. The minimum Gasteiger partial charge on any atom is -0.465 e. The quantitative estimate of drug-likeness (QED) is 0.851. The van der Waals surface area contributed by atoms with E-state index < -0.39 is 6.09 Å². The highest BCUT2D eigenvalue weighted by Gasteiger charge is 2.24. The van der Waals surface area contributed by atoms with E-state index in [2.05, 4.69) is 17.9 Å². The van der Waals surface area contributed by atoms with E-state index in [0.29, 0.717) is 44.0 Å². The highest BCUT2D eigenvalue weighted by molar-refractivity contribution is 5.92. The summed E-state index contributed by atoms with van der Waals surface area (Å²) >= 11 is 0. The van der Waals surface area contributed by atoms with Gasteiger partial charge in [0.05, 0.1) is 0 Å². The Morgan fingerprint density at radius 2 is 2.04 bits per heavy atom.